The van der Waals surface area contributed by atoms with Gasteiger partial charge in [0.25, 0.3) is 0 Å². The van der Waals surface area contributed by atoms with Gasteiger partial charge in [0.15, 0.2) is 0 Å². The zero-order chi connectivity index (χ0) is 18.4. The summed E-state index contributed by atoms with van der Waals surface area (Å²) in [7, 11) is 2.29. The molecule has 1 fully saturated rings. The average molecular weight is 345 g/mol. The third kappa shape index (κ3) is 4.92. The van der Waals surface area contributed by atoms with Crippen LogP contribution in [0.15, 0.2) is 35.7 Å². The maximum Gasteiger partial charge on any atom is 0.0361 e. The molecule has 25 heavy (non-hydrogen) atoms. The van der Waals surface area contributed by atoms with E-state index < -0.39 is 0 Å². The standard InChI is InChI=1S/C23H40N2/c1-7-12-18(3)16-25(6)21-15-23(13-10-9-11-14-23)17-24-20(5)22(21)19(4)8-2/h18,24H,4-5,7-17H2,1-3,6H3. The number of allylic oxidation sites excluding steroid dienone is 2. The molecule has 0 bridgehead atoms. The maximum absolute atomic E-state index is 4.39. The highest BCUT2D eigenvalue weighted by Crippen LogP contribution is 2.45. The van der Waals surface area contributed by atoms with Crippen molar-refractivity contribution in [2.45, 2.75) is 78.6 Å². The third-order valence-electron chi connectivity index (χ3n) is 6.33. The lowest BCUT2D eigenvalue weighted by Crippen LogP contribution is -2.36. The van der Waals surface area contributed by atoms with E-state index >= 15 is 0 Å². The summed E-state index contributed by atoms with van der Waals surface area (Å²) in [5, 5.41) is 3.69. The van der Waals surface area contributed by atoms with Crippen molar-refractivity contribution >= 4 is 0 Å². The molecule has 0 amide bonds. The van der Waals surface area contributed by atoms with Crippen LogP contribution in [0.2, 0.25) is 0 Å². The molecular weight excluding hydrogens is 304 g/mol. The van der Waals surface area contributed by atoms with Crippen molar-refractivity contribution in [2.75, 3.05) is 20.1 Å². The van der Waals surface area contributed by atoms with Crippen LogP contribution in [-0.4, -0.2) is 25.0 Å². The zero-order valence-electron chi connectivity index (χ0n) is 17.2. The van der Waals surface area contributed by atoms with Crippen molar-refractivity contribution in [2.24, 2.45) is 11.3 Å². The molecule has 1 unspecified atom stereocenters. The van der Waals surface area contributed by atoms with Crippen molar-refractivity contribution in [3.63, 3.8) is 0 Å². The Balaban J connectivity index is 2.35. The minimum Gasteiger partial charge on any atom is -0.384 e. The zero-order valence-corrected chi connectivity index (χ0v) is 17.2. The van der Waals surface area contributed by atoms with E-state index in [1.165, 1.54) is 68.2 Å². The Morgan fingerprint density at radius 1 is 1.24 bits per heavy atom. The molecule has 1 heterocycles. The van der Waals surface area contributed by atoms with Gasteiger partial charge in [-0.1, -0.05) is 59.6 Å². The third-order valence-corrected chi connectivity index (χ3v) is 6.33. The quantitative estimate of drug-likeness (QED) is 0.606. The van der Waals surface area contributed by atoms with E-state index in [9.17, 15) is 0 Å². The lowest BCUT2D eigenvalue weighted by molar-refractivity contribution is 0.171. The highest BCUT2D eigenvalue weighted by molar-refractivity contribution is 5.47. The van der Waals surface area contributed by atoms with E-state index in [4.69, 9.17) is 0 Å². The molecule has 0 aromatic carbocycles. The fourth-order valence-corrected chi connectivity index (χ4v) is 4.80. The molecular formula is C23H40N2. The molecule has 1 aliphatic heterocycles. The van der Waals surface area contributed by atoms with E-state index in [1.54, 1.807) is 0 Å². The summed E-state index contributed by atoms with van der Waals surface area (Å²) in [4.78, 5) is 2.53. The summed E-state index contributed by atoms with van der Waals surface area (Å²) < 4.78 is 0. The number of nitrogens with one attached hydrogen (secondary N) is 1. The number of hydrogen-bond donors (Lipinski definition) is 1. The molecule has 142 valence electrons. The monoisotopic (exact) mass is 344 g/mol. The van der Waals surface area contributed by atoms with Gasteiger partial charge in [0.1, 0.15) is 0 Å². The smallest absolute Gasteiger partial charge is 0.0361 e. The molecule has 0 aromatic rings. The fourth-order valence-electron chi connectivity index (χ4n) is 4.80. The summed E-state index contributed by atoms with van der Waals surface area (Å²) in [5.41, 5.74) is 5.55. The fraction of sp³-hybridized carbons (Fsp3) is 0.739. The Kier molecular flexibility index (Phi) is 7.22. The van der Waals surface area contributed by atoms with Crippen molar-refractivity contribution in [1.29, 1.82) is 0 Å². The summed E-state index contributed by atoms with van der Waals surface area (Å²) in [6.45, 7) is 17.9. The van der Waals surface area contributed by atoms with Gasteiger partial charge in [0.2, 0.25) is 0 Å². The predicted molar refractivity (Wildman–Crippen MR) is 110 cm³/mol. The molecule has 1 N–H and O–H groups in total. The minimum absolute atomic E-state index is 0.411. The van der Waals surface area contributed by atoms with Crippen LogP contribution in [0, 0.1) is 11.3 Å². The maximum atomic E-state index is 4.39. The first-order valence-electron chi connectivity index (χ1n) is 10.5. The van der Waals surface area contributed by atoms with Gasteiger partial charge in [-0.3, -0.25) is 0 Å². The largest absolute Gasteiger partial charge is 0.384 e. The van der Waals surface area contributed by atoms with Crippen LogP contribution in [-0.2, 0) is 0 Å². The Hall–Kier alpha value is -1.18. The molecule has 1 atom stereocenters. The second-order valence-electron chi connectivity index (χ2n) is 8.62. The first-order valence-corrected chi connectivity index (χ1v) is 10.5. The summed E-state index contributed by atoms with van der Waals surface area (Å²) >= 11 is 0. The van der Waals surface area contributed by atoms with Gasteiger partial charge in [0, 0.05) is 37.1 Å². The second-order valence-corrected chi connectivity index (χ2v) is 8.62. The van der Waals surface area contributed by atoms with Crippen LogP contribution in [0.1, 0.15) is 78.6 Å². The van der Waals surface area contributed by atoms with Crippen molar-refractivity contribution in [3.05, 3.63) is 35.7 Å². The topological polar surface area (TPSA) is 15.3 Å². The molecule has 1 aliphatic carbocycles. The number of nitrogens with zero attached hydrogens (tertiary/aromatic N) is 1. The number of rotatable bonds is 7. The molecule has 0 radical (unpaired) electrons. The molecule has 2 aliphatic rings. The van der Waals surface area contributed by atoms with E-state index in [0.29, 0.717) is 5.41 Å². The van der Waals surface area contributed by atoms with Crippen LogP contribution in [0.4, 0.5) is 0 Å². The average Bonchev–Trinajstić information content (AvgIpc) is 2.73. The van der Waals surface area contributed by atoms with Gasteiger partial charge in [-0.05, 0) is 49.0 Å². The highest BCUT2D eigenvalue weighted by atomic mass is 15.1. The van der Waals surface area contributed by atoms with Crippen LogP contribution in [0.5, 0.6) is 0 Å². The van der Waals surface area contributed by atoms with Crippen molar-refractivity contribution < 1.29 is 0 Å². The SMILES string of the molecule is C=C(CC)C1=C(N(C)CC(C)CCC)CC2(CCCCC2)CNC1=C. The van der Waals surface area contributed by atoms with Crippen LogP contribution < -0.4 is 5.32 Å². The second kappa shape index (κ2) is 8.96. The van der Waals surface area contributed by atoms with E-state index in [2.05, 4.69) is 51.2 Å². The van der Waals surface area contributed by atoms with E-state index in [1.807, 2.05) is 0 Å². The molecule has 1 saturated carbocycles. The molecule has 0 saturated heterocycles. The van der Waals surface area contributed by atoms with Gasteiger partial charge in [-0.2, -0.15) is 0 Å². The van der Waals surface area contributed by atoms with Crippen LogP contribution in [0.25, 0.3) is 0 Å². The Morgan fingerprint density at radius 3 is 2.52 bits per heavy atom. The molecule has 2 heteroatoms. The predicted octanol–water partition coefficient (Wildman–Crippen LogP) is 6.03. The van der Waals surface area contributed by atoms with Crippen molar-refractivity contribution in [1.82, 2.24) is 10.2 Å². The van der Waals surface area contributed by atoms with Gasteiger partial charge in [0.05, 0.1) is 0 Å². The molecule has 2 nitrogen and oxygen atoms in total. The first-order chi connectivity index (χ1) is 11.9. The van der Waals surface area contributed by atoms with Gasteiger partial charge in [-0.25, -0.2) is 0 Å². The normalized spacial score (nSPS) is 21.7. The minimum atomic E-state index is 0.411. The molecule has 1 spiro atoms. The number of hydrogen-bond acceptors (Lipinski definition) is 2. The van der Waals surface area contributed by atoms with E-state index in [0.717, 1.165) is 31.1 Å². The Morgan fingerprint density at radius 2 is 1.92 bits per heavy atom. The van der Waals surface area contributed by atoms with Gasteiger partial charge < -0.3 is 10.2 Å². The Labute approximate surface area is 156 Å². The first kappa shape index (κ1) is 20.1. The van der Waals surface area contributed by atoms with Crippen LogP contribution in [0.3, 0.4) is 0 Å². The van der Waals surface area contributed by atoms with Gasteiger partial charge in [-0.15, -0.1) is 0 Å². The molecule has 2 rings (SSSR count). The summed E-state index contributed by atoms with van der Waals surface area (Å²) in [5.74, 6) is 0.727. The van der Waals surface area contributed by atoms with Crippen molar-refractivity contribution in [3.8, 4) is 0 Å². The lowest BCUT2D eigenvalue weighted by Gasteiger charge is -2.39. The summed E-state index contributed by atoms with van der Waals surface area (Å²) in [6.07, 6.45) is 11.6. The lowest BCUT2D eigenvalue weighted by atomic mass is 9.71. The highest BCUT2D eigenvalue weighted by Gasteiger charge is 2.37. The van der Waals surface area contributed by atoms with Gasteiger partial charge >= 0.3 is 0 Å². The summed E-state index contributed by atoms with van der Waals surface area (Å²) in [6, 6.07) is 0. The molecule has 0 aromatic heterocycles. The Bertz CT molecular complexity index is 508. The van der Waals surface area contributed by atoms with Crippen LogP contribution >= 0.6 is 0 Å². The van der Waals surface area contributed by atoms with E-state index in [-0.39, 0.29) is 0 Å².